The maximum atomic E-state index is 13.7. The first-order chi connectivity index (χ1) is 28.4. The zero-order valence-corrected chi connectivity index (χ0v) is 34.5. The van der Waals surface area contributed by atoms with E-state index in [1.54, 1.807) is 9.80 Å². The summed E-state index contributed by atoms with van der Waals surface area (Å²) in [4.78, 5) is 67.0. The summed E-state index contributed by atoms with van der Waals surface area (Å²) < 4.78 is 22.1. The third-order valence-electron chi connectivity index (χ3n) is 11.2. The second kappa shape index (κ2) is 17.8. The number of likely N-dealkylation sites (tertiary alicyclic amines) is 2. The van der Waals surface area contributed by atoms with Crippen LogP contribution in [0.3, 0.4) is 0 Å². The number of carbonyl (C=O) groups excluding carboxylic acids is 4. The average molecular weight is 808 g/mol. The largest absolute Gasteiger partial charge is 0.453 e. The van der Waals surface area contributed by atoms with Crippen molar-refractivity contribution in [2.45, 2.75) is 90.6 Å². The van der Waals surface area contributed by atoms with Gasteiger partial charge < -0.3 is 43.6 Å². The summed E-state index contributed by atoms with van der Waals surface area (Å²) in [5, 5.41) is 5.39. The Kier molecular flexibility index (Phi) is 12.4. The minimum atomic E-state index is -0.732. The molecule has 4 heterocycles. The van der Waals surface area contributed by atoms with Crippen molar-refractivity contribution < 1.29 is 37.5 Å². The summed E-state index contributed by atoms with van der Waals surface area (Å²) in [6.45, 7) is 9.78. The molecule has 0 saturated carbocycles. The van der Waals surface area contributed by atoms with Gasteiger partial charge in [0.25, 0.3) is 0 Å². The van der Waals surface area contributed by atoms with Crippen molar-refractivity contribution in [3.8, 4) is 0 Å². The van der Waals surface area contributed by atoms with Crippen molar-refractivity contribution in [1.82, 2.24) is 30.4 Å². The highest BCUT2D eigenvalue weighted by Gasteiger charge is 2.40. The van der Waals surface area contributed by atoms with Gasteiger partial charge in [0.05, 0.1) is 14.2 Å². The molecule has 4 amide bonds. The van der Waals surface area contributed by atoms with Crippen molar-refractivity contribution >= 4 is 51.9 Å². The summed E-state index contributed by atoms with van der Waals surface area (Å²) in [6, 6.07) is 20.0. The average Bonchev–Trinajstić information content (AvgIpc) is 4.06. The lowest BCUT2D eigenvalue weighted by Gasteiger charge is -2.29. The van der Waals surface area contributed by atoms with E-state index in [9.17, 15) is 19.2 Å². The van der Waals surface area contributed by atoms with E-state index < -0.39 is 24.3 Å². The van der Waals surface area contributed by atoms with Gasteiger partial charge in [-0.25, -0.2) is 19.6 Å². The predicted molar refractivity (Wildman–Crippen MR) is 220 cm³/mol. The van der Waals surface area contributed by atoms with E-state index in [0.29, 0.717) is 73.0 Å². The minimum absolute atomic E-state index is 0.140. The summed E-state index contributed by atoms with van der Waals surface area (Å²) in [6.07, 6.45) is 1.71. The number of ether oxygens (including phenoxy) is 2. The molecule has 15 heteroatoms. The Morgan fingerprint density at radius 1 is 0.695 bits per heavy atom. The summed E-state index contributed by atoms with van der Waals surface area (Å²) in [7, 11) is 2.56. The Hall–Kier alpha value is -6.12. The molecular weight excluding hydrogens is 755 g/mol. The number of amides is 4. The molecule has 2 aliphatic heterocycles. The van der Waals surface area contributed by atoms with E-state index in [1.807, 2.05) is 82.3 Å². The quantitative estimate of drug-likeness (QED) is 0.123. The molecule has 2 fully saturated rings. The fraction of sp³-hybridized carbons (Fsp3) is 0.455. The lowest BCUT2D eigenvalue weighted by molar-refractivity contribution is -0.136. The molecule has 4 atom stereocenters. The van der Waals surface area contributed by atoms with Gasteiger partial charge in [0.15, 0.2) is 11.2 Å². The zero-order valence-electron chi connectivity index (χ0n) is 34.5. The van der Waals surface area contributed by atoms with Crippen molar-refractivity contribution in [2.24, 2.45) is 11.8 Å². The number of oxazole rings is 2. The Morgan fingerprint density at radius 3 is 1.54 bits per heavy atom. The molecular formula is C44H53N7O8. The summed E-state index contributed by atoms with van der Waals surface area (Å²) >= 11 is 0. The van der Waals surface area contributed by atoms with Crippen LogP contribution in [0.15, 0.2) is 75.6 Å². The van der Waals surface area contributed by atoms with Crippen molar-refractivity contribution in [2.75, 3.05) is 32.2 Å². The van der Waals surface area contributed by atoms with Crippen LogP contribution in [0.1, 0.15) is 88.4 Å². The molecule has 2 saturated heterocycles. The fourth-order valence-electron chi connectivity index (χ4n) is 8.11. The highest BCUT2D eigenvalue weighted by molar-refractivity contribution is 5.87. The standard InChI is InChI=1S/C44H53N7O8/c1-26(2)37(47-43(54)56-5)41(52)50-20-10-14-33(50)39-45-31-22-28(16-18-35(31)58-39)24-49(30-12-8-7-9-13-30)25-29-17-19-36-32(23-29)46-40(59-36)34-15-11-21-51(34)42(53)38(27(3)4)48-44(55)57-6/h7-9,12-13,16-19,22-23,26-27,33-34,37-38H,10-11,14-15,20-21,24-25H2,1-6H3,(H,47,54)(H,48,55)/t33-,34-,37-,38-/m0/s1. The number of carbonyl (C=O) groups is 4. The predicted octanol–water partition coefficient (Wildman–Crippen LogP) is 7.26. The number of alkyl carbamates (subject to hydrolysis) is 2. The number of nitrogens with one attached hydrogen (secondary N) is 2. The van der Waals surface area contributed by atoms with Crippen molar-refractivity contribution in [3.63, 3.8) is 0 Å². The van der Waals surface area contributed by atoms with Gasteiger partial charge in [0.1, 0.15) is 35.2 Å². The van der Waals surface area contributed by atoms with E-state index in [1.165, 1.54) is 14.2 Å². The summed E-state index contributed by atoms with van der Waals surface area (Å²) in [5.74, 6) is 0.306. The molecule has 59 heavy (non-hydrogen) atoms. The maximum Gasteiger partial charge on any atom is 0.407 e. The second-order valence-electron chi connectivity index (χ2n) is 16.0. The molecule has 2 aliphatic rings. The number of nitrogens with zero attached hydrogens (tertiary/aromatic N) is 5. The molecule has 2 aromatic heterocycles. The number of aromatic nitrogens is 2. The Morgan fingerprint density at radius 2 is 1.14 bits per heavy atom. The van der Waals surface area contributed by atoms with Crippen molar-refractivity contribution in [1.29, 1.82) is 0 Å². The maximum absolute atomic E-state index is 13.7. The zero-order chi connectivity index (χ0) is 41.8. The first kappa shape index (κ1) is 41.1. The van der Waals surface area contributed by atoms with Crippen LogP contribution in [-0.2, 0) is 32.2 Å². The number of anilines is 1. The van der Waals surface area contributed by atoms with Gasteiger partial charge in [-0.1, -0.05) is 58.0 Å². The van der Waals surface area contributed by atoms with E-state index in [4.69, 9.17) is 28.3 Å². The lowest BCUT2D eigenvalue weighted by atomic mass is 10.0. The number of benzene rings is 3. The number of hydrogen-bond acceptors (Lipinski definition) is 11. The number of rotatable bonds is 13. The number of hydrogen-bond donors (Lipinski definition) is 2. The van der Waals surface area contributed by atoms with Gasteiger partial charge in [-0.15, -0.1) is 0 Å². The SMILES string of the molecule is COC(=O)N[C@H](C(=O)N1CCC[C@H]1c1nc2cc(CN(Cc3ccc4oc([C@@H]5CCCN5C(=O)[C@@H](NC(=O)OC)C(C)C)nc4c3)c3ccccc3)ccc2o1)C(C)C. The molecule has 15 nitrogen and oxygen atoms in total. The van der Waals surface area contributed by atoms with Crippen LogP contribution in [0.5, 0.6) is 0 Å². The second-order valence-corrected chi connectivity index (χ2v) is 16.0. The Balaban J connectivity index is 1.09. The van der Waals surface area contributed by atoms with Gasteiger partial charge in [-0.2, -0.15) is 0 Å². The highest BCUT2D eigenvalue weighted by atomic mass is 16.5. The molecule has 3 aromatic carbocycles. The smallest absolute Gasteiger partial charge is 0.407 e. The Bertz CT molecular complexity index is 2150. The molecule has 0 spiro atoms. The first-order valence-electron chi connectivity index (χ1n) is 20.3. The van der Waals surface area contributed by atoms with E-state index in [0.717, 1.165) is 29.7 Å². The first-order valence-corrected chi connectivity index (χ1v) is 20.3. The van der Waals surface area contributed by atoms with Gasteiger partial charge in [-0.05, 0) is 85.0 Å². The van der Waals surface area contributed by atoms with E-state index in [2.05, 4.69) is 27.7 Å². The lowest BCUT2D eigenvalue weighted by Crippen LogP contribution is -2.51. The fourth-order valence-corrected chi connectivity index (χ4v) is 8.11. The molecule has 312 valence electrons. The van der Waals surface area contributed by atoms with Crippen LogP contribution >= 0.6 is 0 Å². The number of methoxy groups -OCH3 is 2. The topological polar surface area (TPSA) is 173 Å². The molecule has 5 aromatic rings. The van der Waals surface area contributed by atoms with Crippen LogP contribution < -0.4 is 15.5 Å². The third kappa shape index (κ3) is 8.98. The normalized spacial score (nSPS) is 17.8. The molecule has 0 bridgehead atoms. The Labute approximate surface area is 343 Å². The third-order valence-corrected chi connectivity index (χ3v) is 11.2. The van der Waals surface area contributed by atoms with Crippen LogP contribution in [0.4, 0.5) is 15.3 Å². The van der Waals surface area contributed by atoms with Crippen LogP contribution in [0.25, 0.3) is 22.2 Å². The van der Waals surface area contributed by atoms with E-state index in [-0.39, 0.29) is 35.7 Å². The highest BCUT2D eigenvalue weighted by Crippen LogP contribution is 2.36. The van der Waals surface area contributed by atoms with Crippen LogP contribution in [0, 0.1) is 11.8 Å². The molecule has 0 aliphatic carbocycles. The van der Waals surface area contributed by atoms with E-state index >= 15 is 0 Å². The number of fused-ring (bicyclic) bond motifs is 2. The molecule has 0 unspecified atom stereocenters. The van der Waals surface area contributed by atoms with Crippen molar-refractivity contribution in [3.05, 3.63) is 89.6 Å². The molecule has 2 N–H and O–H groups in total. The van der Waals surface area contributed by atoms with Gasteiger partial charge >= 0.3 is 12.2 Å². The van der Waals surface area contributed by atoms with Gasteiger partial charge in [-0.3, -0.25) is 9.59 Å². The molecule has 7 rings (SSSR count). The number of para-hydroxylation sites is 1. The van der Waals surface area contributed by atoms with Crippen LogP contribution in [0.2, 0.25) is 0 Å². The van der Waals surface area contributed by atoms with Crippen LogP contribution in [-0.4, -0.2) is 83.2 Å². The molecule has 0 radical (unpaired) electrons. The minimum Gasteiger partial charge on any atom is -0.453 e. The van der Waals surface area contributed by atoms with Gasteiger partial charge in [0.2, 0.25) is 23.6 Å². The van der Waals surface area contributed by atoms with Gasteiger partial charge in [0, 0.05) is 31.9 Å². The summed E-state index contributed by atoms with van der Waals surface area (Å²) in [5.41, 5.74) is 5.77. The monoisotopic (exact) mass is 807 g/mol.